The number of pyridine rings is 1. The average molecular weight is 155 g/mol. The van der Waals surface area contributed by atoms with Gasteiger partial charge in [0.15, 0.2) is 0 Å². The van der Waals surface area contributed by atoms with Crippen molar-refractivity contribution in [1.29, 1.82) is 0 Å². The second-order valence-corrected chi connectivity index (χ2v) is 2.92. The minimum atomic E-state index is 1.04. The van der Waals surface area contributed by atoms with Gasteiger partial charge in [0.1, 0.15) is 0 Å². The summed E-state index contributed by atoms with van der Waals surface area (Å²) in [7, 11) is 1.65. The Morgan fingerprint density at radius 1 is 1.50 bits per heavy atom. The third-order valence-corrected chi connectivity index (χ3v) is 1.61. The molecule has 0 N–H and O–H groups in total. The van der Waals surface area contributed by atoms with Gasteiger partial charge in [-0.1, -0.05) is 0 Å². The summed E-state index contributed by atoms with van der Waals surface area (Å²) >= 11 is 1.33. The first-order valence-corrected chi connectivity index (χ1v) is 3.69. The predicted molar refractivity (Wildman–Crippen MR) is 41.8 cm³/mol. The van der Waals surface area contributed by atoms with Crippen LogP contribution in [0.4, 0.5) is 0 Å². The van der Waals surface area contributed by atoms with Crippen LogP contribution in [0.15, 0.2) is 23.4 Å². The third kappa shape index (κ3) is 2.01. The molecule has 0 radical (unpaired) electrons. The second kappa shape index (κ2) is 3.58. The normalized spacial score (nSPS) is 9.80. The van der Waals surface area contributed by atoms with Gasteiger partial charge in [-0.25, -0.2) is 0 Å². The molecule has 0 fully saturated rings. The van der Waals surface area contributed by atoms with Gasteiger partial charge in [-0.15, -0.1) is 0 Å². The number of aryl methyl sites for hydroxylation is 1. The van der Waals surface area contributed by atoms with E-state index in [9.17, 15) is 0 Å². The number of hydrogen-bond donors (Lipinski definition) is 0. The van der Waals surface area contributed by atoms with Gasteiger partial charge in [0.2, 0.25) is 0 Å². The fraction of sp³-hybridized carbons (Fsp3) is 0.286. The van der Waals surface area contributed by atoms with Crippen LogP contribution in [-0.2, 0) is 4.18 Å². The summed E-state index contributed by atoms with van der Waals surface area (Å²) in [5.41, 5.74) is 1.15. The standard InChI is InChI=1S/C7H9NOS/c1-6-3-7(10-9-2)5-8-4-6/h3-5H,1-2H3. The molecule has 0 spiro atoms. The summed E-state index contributed by atoms with van der Waals surface area (Å²) in [6, 6.07) is 2.03. The van der Waals surface area contributed by atoms with Gasteiger partial charge in [-0.3, -0.25) is 4.98 Å². The first-order valence-electron chi connectivity index (χ1n) is 2.95. The van der Waals surface area contributed by atoms with E-state index in [0.717, 1.165) is 10.5 Å². The summed E-state index contributed by atoms with van der Waals surface area (Å²) in [5.74, 6) is 0. The first-order chi connectivity index (χ1) is 4.83. The minimum Gasteiger partial charge on any atom is -0.314 e. The maximum absolute atomic E-state index is 4.86. The molecule has 1 heterocycles. The Bertz CT molecular complexity index is 215. The molecule has 0 aliphatic carbocycles. The molecule has 0 aliphatic heterocycles. The van der Waals surface area contributed by atoms with E-state index in [1.165, 1.54) is 12.0 Å². The van der Waals surface area contributed by atoms with Gasteiger partial charge in [-0.05, 0) is 18.6 Å². The fourth-order valence-electron chi connectivity index (χ4n) is 0.669. The molecular formula is C7H9NOS. The van der Waals surface area contributed by atoms with E-state index >= 15 is 0 Å². The minimum absolute atomic E-state index is 1.04. The molecule has 0 aromatic carbocycles. The largest absolute Gasteiger partial charge is 0.314 e. The van der Waals surface area contributed by atoms with Crippen LogP contribution in [0.5, 0.6) is 0 Å². The van der Waals surface area contributed by atoms with Gasteiger partial charge < -0.3 is 4.18 Å². The van der Waals surface area contributed by atoms with E-state index in [4.69, 9.17) is 4.18 Å². The van der Waals surface area contributed by atoms with Crippen LogP contribution in [0.3, 0.4) is 0 Å². The van der Waals surface area contributed by atoms with Crippen molar-refractivity contribution >= 4 is 12.0 Å². The third-order valence-electron chi connectivity index (χ3n) is 1.03. The van der Waals surface area contributed by atoms with E-state index in [2.05, 4.69) is 4.98 Å². The van der Waals surface area contributed by atoms with Crippen molar-refractivity contribution in [2.24, 2.45) is 0 Å². The zero-order valence-corrected chi connectivity index (χ0v) is 6.81. The van der Waals surface area contributed by atoms with Crippen molar-refractivity contribution in [2.75, 3.05) is 7.11 Å². The van der Waals surface area contributed by atoms with Crippen LogP contribution < -0.4 is 0 Å². The maximum Gasteiger partial charge on any atom is 0.0539 e. The molecule has 10 heavy (non-hydrogen) atoms. The average Bonchev–Trinajstić information content (AvgIpc) is 1.88. The number of rotatable bonds is 2. The highest BCUT2D eigenvalue weighted by atomic mass is 32.2. The molecule has 0 bridgehead atoms. The molecule has 0 atom stereocenters. The van der Waals surface area contributed by atoms with E-state index in [0.29, 0.717) is 0 Å². The van der Waals surface area contributed by atoms with Crippen LogP contribution in [0.25, 0.3) is 0 Å². The van der Waals surface area contributed by atoms with E-state index in [1.54, 1.807) is 13.3 Å². The monoisotopic (exact) mass is 155 g/mol. The van der Waals surface area contributed by atoms with Gasteiger partial charge >= 0.3 is 0 Å². The lowest BCUT2D eigenvalue weighted by molar-refractivity contribution is 0.489. The van der Waals surface area contributed by atoms with Crippen LogP contribution in [0, 0.1) is 6.92 Å². The molecular weight excluding hydrogens is 146 g/mol. The summed E-state index contributed by atoms with van der Waals surface area (Å²) in [6.07, 6.45) is 3.60. The van der Waals surface area contributed by atoms with E-state index in [-0.39, 0.29) is 0 Å². The molecule has 54 valence electrons. The Balaban J connectivity index is 2.75. The molecule has 1 rings (SSSR count). The smallest absolute Gasteiger partial charge is 0.0539 e. The Hall–Kier alpha value is -0.540. The van der Waals surface area contributed by atoms with E-state index in [1.807, 2.05) is 19.2 Å². The van der Waals surface area contributed by atoms with Crippen molar-refractivity contribution in [3.8, 4) is 0 Å². The highest BCUT2D eigenvalue weighted by molar-refractivity contribution is 7.94. The lowest BCUT2D eigenvalue weighted by Gasteiger charge is -1.96. The van der Waals surface area contributed by atoms with Crippen LogP contribution in [0.2, 0.25) is 0 Å². The van der Waals surface area contributed by atoms with Crippen molar-refractivity contribution in [3.63, 3.8) is 0 Å². The summed E-state index contributed by atoms with van der Waals surface area (Å²) in [6.45, 7) is 2.01. The lowest BCUT2D eigenvalue weighted by atomic mass is 10.3. The molecule has 0 aliphatic rings. The van der Waals surface area contributed by atoms with Crippen molar-refractivity contribution in [1.82, 2.24) is 4.98 Å². The molecule has 0 saturated carbocycles. The van der Waals surface area contributed by atoms with E-state index < -0.39 is 0 Å². The Morgan fingerprint density at radius 2 is 2.30 bits per heavy atom. The van der Waals surface area contributed by atoms with Gasteiger partial charge in [-0.2, -0.15) is 0 Å². The van der Waals surface area contributed by atoms with Crippen LogP contribution in [-0.4, -0.2) is 12.1 Å². The quantitative estimate of drug-likeness (QED) is 0.610. The zero-order chi connectivity index (χ0) is 7.40. The van der Waals surface area contributed by atoms with Gasteiger partial charge in [0.05, 0.1) is 12.0 Å². The number of hydrogen-bond acceptors (Lipinski definition) is 3. The zero-order valence-electron chi connectivity index (χ0n) is 6.00. The fourth-order valence-corrected chi connectivity index (χ4v) is 1.20. The first kappa shape index (κ1) is 7.57. The van der Waals surface area contributed by atoms with Gasteiger partial charge in [0.25, 0.3) is 0 Å². The molecule has 0 saturated heterocycles. The van der Waals surface area contributed by atoms with Crippen molar-refractivity contribution in [3.05, 3.63) is 24.0 Å². The molecule has 2 nitrogen and oxygen atoms in total. The highest BCUT2D eigenvalue weighted by Crippen LogP contribution is 2.16. The SMILES string of the molecule is COSc1cncc(C)c1. The summed E-state index contributed by atoms with van der Waals surface area (Å²) in [5, 5.41) is 0. The Morgan fingerprint density at radius 3 is 2.90 bits per heavy atom. The Kier molecular flexibility index (Phi) is 2.71. The Labute approximate surface area is 64.8 Å². The molecule has 1 aromatic heterocycles. The number of nitrogens with zero attached hydrogens (tertiary/aromatic N) is 1. The molecule has 0 unspecified atom stereocenters. The molecule has 3 heteroatoms. The second-order valence-electron chi connectivity index (χ2n) is 1.95. The lowest BCUT2D eigenvalue weighted by Crippen LogP contribution is -1.78. The molecule has 1 aromatic rings. The highest BCUT2D eigenvalue weighted by Gasteiger charge is 1.91. The maximum atomic E-state index is 4.86. The topological polar surface area (TPSA) is 22.1 Å². The van der Waals surface area contributed by atoms with Crippen molar-refractivity contribution < 1.29 is 4.18 Å². The van der Waals surface area contributed by atoms with Crippen LogP contribution in [0.1, 0.15) is 5.56 Å². The number of aromatic nitrogens is 1. The predicted octanol–water partition coefficient (Wildman–Crippen LogP) is 2.04. The van der Waals surface area contributed by atoms with Gasteiger partial charge in [0, 0.05) is 24.4 Å². The van der Waals surface area contributed by atoms with Crippen LogP contribution >= 0.6 is 12.0 Å². The summed E-state index contributed by atoms with van der Waals surface area (Å²) in [4.78, 5) is 5.05. The molecule has 0 amide bonds. The van der Waals surface area contributed by atoms with Crippen molar-refractivity contribution in [2.45, 2.75) is 11.8 Å². The summed E-state index contributed by atoms with van der Waals surface area (Å²) < 4.78 is 4.86.